The van der Waals surface area contributed by atoms with E-state index in [0.717, 1.165) is 5.82 Å². The smallest absolute Gasteiger partial charge is 0.298 e. The van der Waals surface area contributed by atoms with Crippen LogP contribution in [-0.2, 0) is 13.6 Å². The van der Waals surface area contributed by atoms with Crippen LogP contribution in [0.25, 0.3) is 11.1 Å². The number of imidazole rings is 1. The molecule has 0 amide bonds. The molecule has 3 aromatic rings. The number of rotatable bonds is 3. The predicted molar refractivity (Wildman–Crippen MR) is 73.7 cm³/mol. The van der Waals surface area contributed by atoms with Crippen molar-refractivity contribution in [3.63, 3.8) is 0 Å². The fraction of sp³-hybridized carbons (Fsp3) is 0.231. The maximum Gasteiger partial charge on any atom is 0.298 e. The van der Waals surface area contributed by atoms with Gasteiger partial charge in [0.25, 0.3) is 6.01 Å². The lowest BCUT2D eigenvalue weighted by Crippen LogP contribution is -2.19. The van der Waals surface area contributed by atoms with Crippen LogP contribution in [0.15, 0.2) is 35.0 Å². The lowest BCUT2D eigenvalue weighted by molar-refractivity contribution is 0.575. The fourth-order valence-electron chi connectivity index (χ4n) is 1.95. The summed E-state index contributed by atoms with van der Waals surface area (Å²) in [6.45, 7) is 0.621. The van der Waals surface area contributed by atoms with Crippen molar-refractivity contribution in [3.8, 4) is 0 Å². The van der Waals surface area contributed by atoms with Crippen molar-refractivity contribution in [2.75, 3.05) is 17.7 Å². The molecule has 3 rings (SSSR count). The van der Waals surface area contributed by atoms with Crippen LogP contribution in [0.1, 0.15) is 5.82 Å². The van der Waals surface area contributed by atoms with Gasteiger partial charge in [-0.1, -0.05) is 6.07 Å². The topological polar surface area (TPSA) is 73.1 Å². The zero-order valence-corrected chi connectivity index (χ0v) is 10.9. The van der Waals surface area contributed by atoms with E-state index in [9.17, 15) is 0 Å². The second-order valence-electron chi connectivity index (χ2n) is 4.50. The SMILES string of the molecule is CN(Cc1nccn1C)c1nc2c(N)cccc2o1. The number of hydrogen-bond donors (Lipinski definition) is 1. The minimum atomic E-state index is 0.538. The molecule has 2 heterocycles. The van der Waals surface area contributed by atoms with Gasteiger partial charge in [-0.2, -0.15) is 4.98 Å². The van der Waals surface area contributed by atoms with Gasteiger partial charge in [0.15, 0.2) is 5.58 Å². The molecule has 0 fully saturated rings. The predicted octanol–water partition coefficient (Wildman–Crippen LogP) is 1.78. The van der Waals surface area contributed by atoms with E-state index in [1.165, 1.54) is 0 Å². The average molecular weight is 257 g/mol. The molecular formula is C13H15N5O. The number of oxazole rings is 1. The molecule has 0 aliphatic heterocycles. The molecule has 0 aliphatic rings. The Kier molecular flexibility index (Phi) is 2.63. The summed E-state index contributed by atoms with van der Waals surface area (Å²) >= 11 is 0. The first kappa shape index (κ1) is 11.6. The van der Waals surface area contributed by atoms with Crippen molar-refractivity contribution in [2.45, 2.75) is 6.54 Å². The van der Waals surface area contributed by atoms with Crippen LogP contribution in [0.3, 0.4) is 0 Å². The molecule has 6 heteroatoms. The van der Waals surface area contributed by atoms with Gasteiger partial charge in [-0.15, -0.1) is 0 Å². The van der Waals surface area contributed by atoms with Gasteiger partial charge in [0, 0.05) is 26.5 Å². The summed E-state index contributed by atoms with van der Waals surface area (Å²) in [7, 11) is 3.87. The number of aryl methyl sites for hydroxylation is 1. The van der Waals surface area contributed by atoms with Crippen molar-refractivity contribution in [1.82, 2.24) is 14.5 Å². The van der Waals surface area contributed by atoms with E-state index in [-0.39, 0.29) is 0 Å². The van der Waals surface area contributed by atoms with E-state index in [2.05, 4.69) is 9.97 Å². The second-order valence-corrected chi connectivity index (χ2v) is 4.50. The number of anilines is 2. The van der Waals surface area contributed by atoms with E-state index in [0.29, 0.717) is 29.3 Å². The molecule has 0 bridgehead atoms. The molecular weight excluding hydrogens is 242 g/mol. The average Bonchev–Trinajstić information content (AvgIpc) is 2.97. The number of nitrogens with zero attached hydrogens (tertiary/aromatic N) is 4. The van der Waals surface area contributed by atoms with Crippen molar-refractivity contribution in [1.29, 1.82) is 0 Å². The normalized spacial score (nSPS) is 11.1. The highest BCUT2D eigenvalue weighted by Crippen LogP contribution is 2.25. The number of nitrogens with two attached hydrogens (primary N) is 1. The summed E-state index contributed by atoms with van der Waals surface area (Å²) in [6.07, 6.45) is 3.68. The number of aromatic nitrogens is 3. The van der Waals surface area contributed by atoms with Gasteiger partial charge in [0.05, 0.1) is 12.2 Å². The van der Waals surface area contributed by atoms with Gasteiger partial charge in [0.2, 0.25) is 0 Å². The van der Waals surface area contributed by atoms with Gasteiger partial charge < -0.3 is 19.6 Å². The number of para-hydroxylation sites is 1. The second kappa shape index (κ2) is 4.31. The molecule has 2 aromatic heterocycles. The molecule has 0 saturated heterocycles. The van der Waals surface area contributed by atoms with Gasteiger partial charge in [-0.25, -0.2) is 4.98 Å². The zero-order valence-electron chi connectivity index (χ0n) is 10.9. The number of benzene rings is 1. The zero-order chi connectivity index (χ0) is 13.4. The molecule has 1 aromatic carbocycles. The van der Waals surface area contributed by atoms with Crippen LogP contribution < -0.4 is 10.6 Å². The van der Waals surface area contributed by atoms with Crippen LogP contribution in [0, 0.1) is 0 Å². The molecule has 2 N–H and O–H groups in total. The summed E-state index contributed by atoms with van der Waals surface area (Å²) in [6, 6.07) is 6.06. The monoisotopic (exact) mass is 257 g/mol. The number of hydrogen-bond acceptors (Lipinski definition) is 5. The first-order valence-corrected chi connectivity index (χ1v) is 5.97. The Morgan fingerprint density at radius 1 is 1.42 bits per heavy atom. The van der Waals surface area contributed by atoms with Crippen LogP contribution in [-0.4, -0.2) is 21.6 Å². The summed E-state index contributed by atoms with van der Waals surface area (Å²) in [4.78, 5) is 10.6. The molecule has 0 radical (unpaired) electrons. The Bertz CT molecular complexity index is 715. The van der Waals surface area contributed by atoms with Crippen molar-refractivity contribution in [3.05, 3.63) is 36.4 Å². The summed E-state index contributed by atoms with van der Waals surface area (Å²) in [5.74, 6) is 0.942. The molecule has 0 atom stereocenters. The molecule has 0 saturated carbocycles. The van der Waals surface area contributed by atoms with Gasteiger partial charge in [-0.3, -0.25) is 0 Å². The Hall–Kier alpha value is -2.50. The number of nitrogen functional groups attached to an aromatic ring is 1. The Morgan fingerprint density at radius 2 is 2.26 bits per heavy atom. The van der Waals surface area contributed by atoms with E-state index in [1.807, 2.05) is 48.0 Å². The molecule has 0 aliphatic carbocycles. The maximum atomic E-state index is 5.87. The largest absolute Gasteiger partial charge is 0.423 e. The maximum absolute atomic E-state index is 5.87. The minimum absolute atomic E-state index is 0.538. The van der Waals surface area contributed by atoms with Crippen molar-refractivity contribution >= 4 is 22.8 Å². The van der Waals surface area contributed by atoms with E-state index in [1.54, 1.807) is 6.20 Å². The minimum Gasteiger partial charge on any atom is -0.423 e. The van der Waals surface area contributed by atoms with E-state index >= 15 is 0 Å². The van der Waals surface area contributed by atoms with Crippen LogP contribution in [0.4, 0.5) is 11.7 Å². The lowest BCUT2D eigenvalue weighted by atomic mass is 10.3. The Morgan fingerprint density at radius 3 is 2.95 bits per heavy atom. The van der Waals surface area contributed by atoms with Crippen molar-refractivity contribution < 1.29 is 4.42 Å². The highest BCUT2D eigenvalue weighted by atomic mass is 16.4. The van der Waals surface area contributed by atoms with Crippen LogP contribution in [0.2, 0.25) is 0 Å². The first-order valence-electron chi connectivity index (χ1n) is 5.97. The molecule has 0 spiro atoms. The van der Waals surface area contributed by atoms with Crippen LogP contribution in [0.5, 0.6) is 0 Å². The Balaban J connectivity index is 1.91. The van der Waals surface area contributed by atoms with Gasteiger partial charge in [-0.05, 0) is 12.1 Å². The third-order valence-corrected chi connectivity index (χ3v) is 3.07. The molecule has 6 nitrogen and oxygen atoms in total. The molecule has 98 valence electrons. The Labute approximate surface area is 110 Å². The fourth-order valence-corrected chi connectivity index (χ4v) is 1.95. The lowest BCUT2D eigenvalue weighted by Gasteiger charge is -2.13. The van der Waals surface area contributed by atoms with Crippen molar-refractivity contribution in [2.24, 2.45) is 7.05 Å². The highest BCUT2D eigenvalue weighted by Gasteiger charge is 2.13. The number of fused-ring (bicyclic) bond motifs is 1. The van der Waals surface area contributed by atoms with E-state index in [4.69, 9.17) is 10.2 Å². The summed E-state index contributed by atoms with van der Waals surface area (Å²) in [5, 5.41) is 0. The standard InChI is InChI=1S/C13H15N5O/c1-17-7-6-15-11(17)8-18(2)13-16-12-9(14)4-3-5-10(12)19-13/h3-7H,8,14H2,1-2H3. The molecule has 0 unspecified atom stereocenters. The summed E-state index contributed by atoms with van der Waals surface area (Å²) in [5.41, 5.74) is 7.89. The van der Waals surface area contributed by atoms with Gasteiger partial charge in [0.1, 0.15) is 11.3 Å². The first-order chi connectivity index (χ1) is 9.15. The molecule has 19 heavy (non-hydrogen) atoms. The third kappa shape index (κ3) is 2.01. The van der Waals surface area contributed by atoms with Crippen LogP contribution >= 0.6 is 0 Å². The quantitative estimate of drug-likeness (QED) is 0.724. The van der Waals surface area contributed by atoms with Gasteiger partial charge >= 0.3 is 0 Å². The third-order valence-electron chi connectivity index (χ3n) is 3.07. The van der Waals surface area contributed by atoms with E-state index < -0.39 is 0 Å². The highest BCUT2D eigenvalue weighted by molar-refractivity contribution is 5.86. The summed E-state index contributed by atoms with van der Waals surface area (Å²) < 4.78 is 7.66.